The van der Waals surface area contributed by atoms with E-state index >= 15 is 0 Å². The highest BCUT2D eigenvalue weighted by Gasteiger charge is 2.16. The summed E-state index contributed by atoms with van der Waals surface area (Å²) in [4.78, 5) is 15.8. The Morgan fingerprint density at radius 2 is 1.96 bits per heavy atom. The number of piperidine rings is 1. The quantitative estimate of drug-likeness (QED) is 0.609. The van der Waals surface area contributed by atoms with Crippen molar-refractivity contribution in [2.75, 3.05) is 26.2 Å². The fraction of sp³-hybridized carbons (Fsp3) is 0.632. The van der Waals surface area contributed by atoms with Crippen LogP contribution in [0.5, 0.6) is 0 Å². The highest BCUT2D eigenvalue weighted by atomic mass is 32.2. The third-order valence-electron chi connectivity index (χ3n) is 4.53. The predicted molar refractivity (Wildman–Crippen MR) is 99.0 cm³/mol. The Labute approximate surface area is 145 Å². The van der Waals surface area contributed by atoms with Crippen molar-refractivity contribution in [1.29, 1.82) is 0 Å². The van der Waals surface area contributed by atoms with Gasteiger partial charge in [0.1, 0.15) is 0 Å². The molecule has 1 aromatic carbocycles. The zero-order valence-corrected chi connectivity index (χ0v) is 15.5. The summed E-state index contributed by atoms with van der Waals surface area (Å²) in [5.41, 5.74) is 1.25. The van der Waals surface area contributed by atoms with Gasteiger partial charge in [0.2, 0.25) is 5.91 Å². The lowest BCUT2D eigenvalue weighted by molar-refractivity contribution is -0.120. The van der Waals surface area contributed by atoms with Gasteiger partial charge in [0.25, 0.3) is 0 Å². The van der Waals surface area contributed by atoms with Gasteiger partial charge < -0.3 is 10.2 Å². The molecular weight excluding hydrogens is 304 g/mol. The first-order chi connectivity index (χ1) is 11.0. The second kappa shape index (κ2) is 9.33. The van der Waals surface area contributed by atoms with E-state index in [1.807, 2.05) is 6.92 Å². The number of carbonyl (C=O) groups is 1. The Kier molecular flexibility index (Phi) is 7.44. The Morgan fingerprint density at radius 3 is 2.61 bits per heavy atom. The number of aryl methyl sites for hydroxylation is 1. The first-order valence-electron chi connectivity index (χ1n) is 8.78. The van der Waals surface area contributed by atoms with Gasteiger partial charge >= 0.3 is 0 Å². The third kappa shape index (κ3) is 6.56. The van der Waals surface area contributed by atoms with Crippen molar-refractivity contribution >= 4 is 17.7 Å². The standard InChI is InChI=1S/C19H30N2OS/c1-15-5-7-18(8-6-15)23-17(3)19(22)20-11-4-12-21-13-9-16(2)10-14-21/h5-8,16-17H,4,9-14H2,1-3H3,(H,20,22)/t17-/m0/s1. The minimum Gasteiger partial charge on any atom is -0.355 e. The smallest absolute Gasteiger partial charge is 0.233 e. The van der Waals surface area contributed by atoms with Crippen LogP contribution in [0.15, 0.2) is 29.2 Å². The number of nitrogens with zero attached hydrogens (tertiary/aromatic N) is 1. The van der Waals surface area contributed by atoms with Gasteiger partial charge in [0, 0.05) is 11.4 Å². The zero-order chi connectivity index (χ0) is 16.7. The Bertz CT molecular complexity index is 481. The molecule has 1 heterocycles. The molecule has 0 aromatic heterocycles. The molecule has 1 N–H and O–H groups in total. The topological polar surface area (TPSA) is 32.3 Å². The minimum atomic E-state index is -0.0476. The molecule has 3 nitrogen and oxygen atoms in total. The number of carbonyl (C=O) groups excluding carboxylic acids is 1. The largest absolute Gasteiger partial charge is 0.355 e. The van der Waals surface area contributed by atoms with E-state index in [1.54, 1.807) is 11.8 Å². The van der Waals surface area contributed by atoms with Crippen molar-refractivity contribution in [3.05, 3.63) is 29.8 Å². The van der Waals surface area contributed by atoms with E-state index in [1.165, 1.54) is 31.5 Å². The average molecular weight is 335 g/mol. The lowest BCUT2D eigenvalue weighted by atomic mass is 9.99. The van der Waals surface area contributed by atoms with Crippen molar-refractivity contribution in [2.45, 2.75) is 50.2 Å². The molecule has 1 saturated heterocycles. The van der Waals surface area contributed by atoms with Gasteiger partial charge in [-0.15, -0.1) is 11.8 Å². The molecule has 0 radical (unpaired) electrons. The Balaban J connectivity index is 1.61. The van der Waals surface area contributed by atoms with Crippen LogP contribution in [-0.4, -0.2) is 42.2 Å². The molecule has 0 unspecified atom stereocenters. The number of likely N-dealkylation sites (tertiary alicyclic amines) is 1. The van der Waals surface area contributed by atoms with Crippen LogP contribution in [0.1, 0.15) is 38.7 Å². The number of benzene rings is 1. The number of nitrogens with one attached hydrogen (secondary N) is 1. The van der Waals surface area contributed by atoms with Gasteiger partial charge in [-0.05, 0) is 70.8 Å². The van der Waals surface area contributed by atoms with Crippen LogP contribution in [-0.2, 0) is 4.79 Å². The van der Waals surface area contributed by atoms with Crippen LogP contribution in [0.3, 0.4) is 0 Å². The van der Waals surface area contributed by atoms with Crippen LogP contribution >= 0.6 is 11.8 Å². The lowest BCUT2D eigenvalue weighted by Gasteiger charge is -2.30. The van der Waals surface area contributed by atoms with E-state index in [2.05, 4.69) is 48.3 Å². The molecule has 1 aromatic rings. The van der Waals surface area contributed by atoms with E-state index in [0.717, 1.165) is 30.3 Å². The maximum absolute atomic E-state index is 12.2. The molecule has 0 spiro atoms. The summed E-state index contributed by atoms with van der Waals surface area (Å²) in [6.45, 7) is 10.7. The van der Waals surface area contributed by atoms with Gasteiger partial charge in [-0.25, -0.2) is 0 Å². The molecule has 0 aliphatic carbocycles. The summed E-state index contributed by atoms with van der Waals surface area (Å²) in [5, 5.41) is 3.03. The van der Waals surface area contributed by atoms with E-state index in [0.29, 0.717) is 0 Å². The van der Waals surface area contributed by atoms with Gasteiger partial charge in [-0.1, -0.05) is 24.6 Å². The average Bonchev–Trinajstić information content (AvgIpc) is 2.55. The second-order valence-electron chi connectivity index (χ2n) is 6.74. The highest BCUT2D eigenvalue weighted by molar-refractivity contribution is 8.00. The molecule has 1 atom stereocenters. The molecular formula is C19H30N2OS. The van der Waals surface area contributed by atoms with Crippen LogP contribution in [0.2, 0.25) is 0 Å². The van der Waals surface area contributed by atoms with Crippen molar-refractivity contribution in [3.8, 4) is 0 Å². The summed E-state index contributed by atoms with van der Waals surface area (Å²) in [6.07, 6.45) is 3.68. The van der Waals surface area contributed by atoms with Crippen LogP contribution < -0.4 is 5.32 Å². The van der Waals surface area contributed by atoms with Crippen LogP contribution in [0.4, 0.5) is 0 Å². The van der Waals surface area contributed by atoms with Crippen molar-refractivity contribution in [2.24, 2.45) is 5.92 Å². The van der Waals surface area contributed by atoms with E-state index in [-0.39, 0.29) is 11.2 Å². The molecule has 128 valence electrons. The monoisotopic (exact) mass is 334 g/mol. The summed E-state index contributed by atoms with van der Waals surface area (Å²) in [6, 6.07) is 8.35. The van der Waals surface area contributed by atoms with Crippen molar-refractivity contribution in [3.63, 3.8) is 0 Å². The Hall–Kier alpha value is -1.00. The molecule has 1 amide bonds. The van der Waals surface area contributed by atoms with Gasteiger partial charge in [0.15, 0.2) is 0 Å². The lowest BCUT2D eigenvalue weighted by Crippen LogP contribution is -2.36. The maximum atomic E-state index is 12.2. The van der Waals surface area contributed by atoms with E-state index < -0.39 is 0 Å². The Morgan fingerprint density at radius 1 is 1.30 bits per heavy atom. The molecule has 23 heavy (non-hydrogen) atoms. The predicted octanol–water partition coefficient (Wildman–Crippen LogP) is 3.71. The van der Waals surface area contributed by atoms with Crippen LogP contribution in [0, 0.1) is 12.8 Å². The molecule has 0 bridgehead atoms. The minimum absolute atomic E-state index is 0.0476. The van der Waals surface area contributed by atoms with Crippen LogP contribution in [0.25, 0.3) is 0 Å². The van der Waals surface area contributed by atoms with E-state index in [4.69, 9.17) is 0 Å². The number of thioether (sulfide) groups is 1. The SMILES string of the molecule is Cc1ccc(S[C@@H](C)C(=O)NCCCN2CCC(C)CC2)cc1. The van der Waals surface area contributed by atoms with Crippen molar-refractivity contribution in [1.82, 2.24) is 10.2 Å². The molecule has 0 saturated carbocycles. The van der Waals surface area contributed by atoms with E-state index in [9.17, 15) is 4.79 Å². The number of amides is 1. The zero-order valence-electron chi connectivity index (χ0n) is 14.7. The van der Waals surface area contributed by atoms with Gasteiger partial charge in [-0.2, -0.15) is 0 Å². The number of hydrogen-bond donors (Lipinski definition) is 1. The fourth-order valence-electron chi connectivity index (χ4n) is 2.82. The number of hydrogen-bond acceptors (Lipinski definition) is 3. The third-order valence-corrected chi connectivity index (χ3v) is 5.64. The fourth-order valence-corrected chi connectivity index (χ4v) is 3.71. The maximum Gasteiger partial charge on any atom is 0.233 e. The van der Waals surface area contributed by atoms with Gasteiger partial charge in [0.05, 0.1) is 5.25 Å². The summed E-state index contributed by atoms with van der Waals surface area (Å²) >= 11 is 1.62. The molecule has 1 fully saturated rings. The first-order valence-corrected chi connectivity index (χ1v) is 9.66. The number of rotatable bonds is 7. The highest BCUT2D eigenvalue weighted by Crippen LogP contribution is 2.23. The first kappa shape index (κ1) is 18.3. The second-order valence-corrected chi connectivity index (χ2v) is 8.16. The normalized spacial score (nSPS) is 17.9. The molecule has 2 rings (SSSR count). The molecule has 1 aliphatic heterocycles. The summed E-state index contributed by atoms with van der Waals surface area (Å²) in [5.74, 6) is 1.02. The van der Waals surface area contributed by atoms with Crippen molar-refractivity contribution < 1.29 is 4.79 Å². The summed E-state index contributed by atoms with van der Waals surface area (Å²) < 4.78 is 0. The van der Waals surface area contributed by atoms with Gasteiger partial charge in [-0.3, -0.25) is 4.79 Å². The molecule has 4 heteroatoms. The molecule has 1 aliphatic rings. The summed E-state index contributed by atoms with van der Waals surface area (Å²) in [7, 11) is 0.